The van der Waals surface area contributed by atoms with Crippen LogP contribution in [0.3, 0.4) is 0 Å². The van der Waals surface area contributed by atoms with E-state index < -0.39 is 5.82 Å². The Morgan fingerprint density at radius 3 is 2.81 bits per heavy atom. The molecule has 0 aromatic carbocycles. The average molecular weight is 360 g/mol. The monoisotopic (exact) mass is 360 g/mol. The summed E-state index contributed by atoms with van der Waals surface area (Å²) in [6, 6.07) is 4.16. The van der Waals surface area contributed by atoms with Crippen molar-refractivity contribution in [1.29, 1.82) is 0 Å². The van der Waals surface area contributed by atoms with Crippen LogP contribution < -0.4 is 10.1 Å². The van der Waals surface area contributed by atoms with Crippen LogP contribution in [0.2, 0.25) is 0 Å². The van der Waals surface area contributed by atoms with Gasteiger partial charge in [-0.05, 0) is 38.1 Å². The summed E-state index contributed by atoms with van der Waals surface area (Å²) in [6.07, 6.45) is 1.10. The minimum absolute atomic E-state index is 0.0256. The number of halogens is 1. The molecular formula is C17H17FN4O4. The highest BCUT2D eigenvalue weighted by atomic mass is 19.1. The molecule has 0 spiro atoms. The van der Waals surface area contributed by atoms with E-state index in [1.807, 2.05) is 13.8 Å². The standard InChI is InChI=1S/C17H17FN4O4/c1-9(2)20-17(23)14-6-15(21-26-14)24-8-12-10(3)25-22-16(12)13-5-4-11(18)7-19-13/h4-7,9H,8H2,1-3H3,(H,20,23). The van der Waals surface area contributed by atoms with Crippen LogP contribution >= 0.6 is 0 Å². The molecule has 0 unspecified atom stereocenters. The third-order valence-electron chi connectivity index (χ3n) is 3.45. The zero-order valence-corrected chi connectivity index (χ0v) is 14.4. The van der Waals surface area contributed by atoms with Gasteiger partial charge >= 0.3 is 0 Å². The van der Waals surface area contributed by atoms with Crippen molar-refractivity contribution in [3.63, 3.8) is 0 Å². The largest absolute Gasteiger partial charge is 0.470 e. The lowest BCUT2D eigenvalue weighted by molar-refractivity contribution is 0.0905. The molecule has 0 aliphatic heterocycles. The Hall–Kier alpha value is -3.23. The highest BCUT2D eigenvalue weighted by Crippen LogP contribution is 2.25. The first-order valence-corrected chi connectivity index (χ1v) is 7.91. The van der Waals surface area contributed by atoms with Crippen LogP contribution in [0.5, 0.6) is 5.88 Å². The molecule has 8 nitrogen and oxygen atoms in total. The number of hydrogen-bond acceptors (Lipinski definition) is 7. The smallest absolute Gasteiger partial charge is 0.290 e. The first-order chi connectivity index (χ1) is 12.4. The Kier molecular flexibility index (Phi) is 4.97. The van der Waals surface area contributed by atoms with Crippen LogP contribution in [0.4, 0.5) is 4.39 Å². The predicted octanol–water partition coefficient (Wildman–Crippen LogP) is 2.89. The van der Waals surface area contributed by atoms with E-state index >= 15 is 0 Å². The Labute approximate surface area is 148 Å². The second kappa shape index (κ2) is 7.34. The zero-order chi connectivity index (χ0) is 18.7. The van der Waals surface area contributed by atoms with Crippen molar-refractivity contribution < 1.29 is 23.0 Å². The molecule has 0 aliphatic rings. The van der Waals surface area contributed by atoms with Gasteiger partial charge in [-0.15, -0.1) is 0 Å². The fourth-order valence-corrected chi connectivity index (χ4v) is 2.19. The fourth-order valence-electron chi connectivity index (χ4n) is 2.19. The molecule has 0 aliphatic carbocycles. The molecule has 0 atom stereocenters. The molecule has 9 heteroatoms. The number of rotatable bonds is 6. The van der Waals surface area contributed by atoms with E-state index in [0.717, 1.165) is 6.20 Å². The van der Waals surface area contributed by atoms with E-state index in [4.69, 9.17) is 13.8 Å². The Balaban J connectivity index is 1.73. The zero-order valence-electron chi connectivity index (χ0n) is 14.4. The number of pyridine rings is 1. The minimum atomic E-state index is -0.443. The summed E-state index contributed by atoms with van der Waals surface area (Å²) in [5.41, 5.74) is 1.54. The quantitative estimate of drug-likeness (QED) is 0.721. The third kappa shape index (κ3) is 3.88. The van der Waals surface area contributed by atoms with Gasteiger partial charge in [0.1, 0.15) is 23.9 Å². The van der Waals surface area contributed by atoms with Gasteiger partial charge in [-0.25, -0.2) is 4.39 Å². The second-order valence-corrected chi connectivity index (χ2v) is 5.87. The maximum Gasteiger partial charge on any atom is 0.290 e. The van der Waals surface area contributed by atoms with Crippen LogP contribution in [0.15, 0.2) is 33.4 Å². The molecule has 1 N–H and O–H groups in total. The van der Waals surface area contributed by atoms with Crippen LogP contribution in [0, 0.1) is 12.7 Å². The third-order valence-corrected chi connectivity index (χ3v) is 3.45. The molecule has 1 amide bonds. The molecule has 0 fully saturated rings. The lowest BCUT2D eigenvalue weighted by atomic mass is 10.1. The van der Waals surface area contributed by atoms with Crippen molar-refractivity contribution in [2.45, 2.75) is 33.4 Å². The fraction of sp³-hybridized carbons (Fsp3) is 0.294. The van der Waals surface area contributed by atoms with Gasteiger partial charge < -0.3 is 19.1 Å². The highest BCUT2D eigenvalue weighted by molar-refractivity contribution is 5.91. The lowest BCUT2D eigenvalue weighted by Gasteiger charge is -2.04. The van der Waals surface area contributed by atoms with E-state index in [1.165, 1.54) is 18.2 Å². The number of hydrogen-bond donors (Lipinski definition) is 1. The van der Waals surface area contributed by atoms with E-state index in [-0.39, 0.29) is 30.2 Å². The van der Waals surface area contributed by atoms with Gasteiger partial charge in [0.05, 0.1) is 23.5 Å². The van der Waals surface area contributed by atoms with Crippen LogP contribution in [-0.2, 0) is 6.61 Å². The molecule has 3 aromatic heterocycles. The maximum absolute atomic E-state index is 13.0. The summed E-state index contributed by atoms with van der Waals surface area (Å²) in [6.45, 7) is 5.47. The van der Waals surface area contributed by atoms with Crippen LogP contribution in [-0.4, -0.2) is 27.2 Å². The SMILES string of the molecule is Cc1onc(-c2ccc(F)cn2)c1COc1cc(C(=O)NC(C)C)on1. The van der Waals surface area contributed by atoms with Crippen molar-refractivity contribution in [3.8, 4) is 17.3 Å². The van der Waals surface area contributed by atoms with Gasteiger partial charge in [0.2, 0.25) is 5.76 Å². The van der Waals surface area contributed by atoms with E-state index in [1.54, 1.807) is 6.92 Å². The molecular weight excluding hydrogens is 343 g/mol. The van der Waals surface area contributed by atoms with E-state index in [2.05, 4.69) is 20.6 Å². The summed E-state index contributed by atoms with van der Waals surface area (Å²) < 4.78 is 28.8. The first kappa shape index (κ1) is 17.6. The number of carbonyl (C=O) groups excluding carboxylic acids is 1. The number of carbonyl (C=O) groups is 1. The summed E-state index contributed by atoms with van der Waals surface area (Å²) in [7, 11) is 0. The average Bonchev–Trinajstić information content (AvgIpc) is 3.20. The van der Waals surface area contributed by atoms with Crippen LogP contribution in [0.1, 0.15) is 35.7 Å². The van der Waals surface area contributed by atoms with Crippen molar-refractivity contribution in [1.82, 2.24) is 20.6 Å². The number of nitrogens with zero attached hydrogens (tertiary/aromatic N) is 3. The summed E-state index contributed by atoms with van der Waals surface area (Å²) >= 11 is 0. The van der Waals surface area contributed by atoms with E-state index in [0.29, 0.717) is 22.7 Å². The van der Waals surface area contributed by atoms with E-state index in [9.17, 15) is 9.18 Å². The molecule has 3 heterocycles. The topological polar surface area (TPSA) is 103 Å². The Bertz CT molecular complexity index is 902. The Morgan fingerprint density at radius 2 is 2.12 bits per heavy atom. The van der Waals surface area contributed by atoms with Crippen LogP contribution in [0.25, 0.3) is 11.4 Å². The van der Waals surface area contributed by atoms with Gasteiger partial charge in [-0.3, -0.25) is 9.78 Å². The van der Waals surface area contributed by atoms with Crippen molar-refractivity contribution in [2.75, 3.05) is 0 Å². The van der Waals surface area contributed by atoms with Gasteiger partial charge in [-0.1, -0.05) is 5.16 Å². The van der Waals surface area contributed by atoms with Gasteiger partial charge in [-0.2, -0.15) is 0 Å². The van der Waals surface area contributed by atoms with Crippen molar-refractivity contribution in [3.05, 3.63) is 47.3 Å². The summed E-state index contributed by atoms with van der Waals surface area (Å²) in [4.78, 5) is 15.9. The number of nitrogens with one attached hydrogen (secondary N) is 1. The number of aryl methyl sites for hydroxylation is 1. The van der Waals surface area contributed by atoms with Gasteiger partial charge in [0.25, 0.3) is 11.8 Å². The lowest BCUT2D eigenvalue weighted by Crippen LogP contribution is -2.29. The number of amides is 1. The van der Waals surface area contributed by atoms with Crippen molar-refractivity contribution in [2.24, 2.45) is 0 Å². The molecule has 3 rings (SSSR count). The molecule has 0 saturated carbocycles. The van der Waals surface area contributed by atoms with Gasteiger partial charge in [0, 0.05) is 6.04 Å². The summed E-state index contributed by atoms with van der Waals surface area (Å²) in [5, 5.41) is 10.4. The first-order valence-electron chi connectivity index (χ1n) is 7.91. The molecule has 136 valence electrons. The number of aromatic nitrogens is 3. The maximum atomic E-state index is 13.0. The Morgan fingerprint density at radius 1 is 1.31 bits per heavy atom. The summed E-state index contributed by atoms with van der Waals surface area (Å²) in [5.74, 6) is -0.0811. The predicted molar refractivity (Wildman–Crippen MR) is 87.9 cm³/mol. The number of ether oxygens (including phenoxy) is 1. The molecule has 0 saturated heterocycles. The second-order valence-electron chi connectivity index (χ2n) is 5.87. The van der Waals surface area contributed by atoms with Gasteiger partial charge in [0.15, 0.2) is 0 Å². The molecule has 3 aromatic rings. The minimum Gasteiger partial charge on any atom is -0.470 e. The molecule has 0 radical (unpaired) electrons. The van der Waals surface area contributed by atoms with Crippen molar-refractivity contribution >= 4 is 5.91 Å². The molecule has 0 bridgehead atoms. The highest BCUT2D eigenvalue weighted by Gasteiger charge is 2.19. The molecule has 26 heavy (non-hydrogen) atoms. The normalized spacial score (nSPS) is 11.0.